The van der Waals surface area contributed by atoms with Crippen molar-refractivity contribution in [3.63, 3.8) is 0 Å². The van der Waals surface area contributed by atoms with Gasteiger partial charge in [0, 0.05) is 50.4 Å². The minimum absolute atomic E-state index is 0.116. The van der Waals surface area contributed by atoms with E-state index in [9.17, 15) is 19.7 Å². The van der Waals surface area contributed by atoms with E-state index in [2.05, 4.69) is 0 Å². The third-order valence-electron chi connectivity index (χ3n) is 3.03. The molecule has 0 aliphatic carbocycles. The van der Waals surface area contributed by atoms with Crippen LogP contribution in [0.2, 0.25) is 0 Å². The van der Waals surface area contributed by atoms with Gasteiger partial charge < -0.3 is 9.47 Å². The zero-order valence-corrected chi connectivity index (χ0v) is 11.3. The number of hydrogen-bond donors (Lipinski definition) is 0. The van der Waals surface area contributed by atoms with Crippen LogP contribution in [-0.4, -0.2) is 40.2 Å². The summed E-state index contributed by atoms with van der Waals surface area (Å²) >= 11 is 0. The maximum Gasteiger partial charge on any atom is 0.294 e. The average Bonchev–Trinajstić information content (AvgIpc) is 2.73. The van der Waals surface area contributed by atoms with Gasteiger partial charge >= 0.3 is 0 Å². The average molecular weight is 275 g/mol. The molecule has 1 aromatic heterocycles. The zero-order valence-electron chi connectivity index (χ0n) is 11.3. The Morgan fingerprint density at radius 3 is 2.50 bits per heavy atom. The molecule has 7 heteroatoms. The van der Waals surface area contributed by atoms with E-state index in [0.717, 1.165) is 0 Å². The van der Waals surface area contributed by atoms with Gasteiger partial charge in [0.15, 0.2) is 0 Å². The molecule has 104 valence electrons. The summed E-state index contributed by atoms with van der Waals surface area (Å²) in [6.07, 6.45) is 1.51. The molecule has 1 heterocycles. The van der Waals surface area contributed by atoms with Crippen LogP contribution >= 0.6 is 0 Å². The monoisotopic (exact) mass is 275 g/mol. The molecule has 0 aliphatic heterocycles. The highest BCUT2D eigenvalue weighted by molar-refractivity contribution is 6.44. The molecule has 2 rings (SSSR count). The van der Waals surface area contributed by atoms with Gasteiger partial charge in [0.25, 0.3) is 17.4 Å². The lowest BCUT2D eigenvalue weighted by Crippen LogP contribution is -2.29. The van der Waals surface area contributed by atoms with E-state index >= 15 is 0 Å². The van der Waals surface area contributed by atoms with Crippen LogP contribution in [0.25, 0.3) is 10.9 Å². The fraction of sp³-hybridized carbons (Fsp3) is 0.231. The Hall–Kier alpha value is -2.70. The van der Waals surface area contributed by atoms with Crippen LogP contribution < -0.4 is 0 Å². The lowest BCUT2D eigenvalue weighted by Gasteiger charge is -2.07. The van der Waals surface area contributed by atoms with Crippen LogP contribution in [0.3, 0.4) is 0 Å². The number of non-ortho nitro benzene ring substituents is 1. The van der Waals surface area contributed by atoms with Gasteiger partial charge in [-0.25, -0.2) is 0 Å². The molecule has 0 saturated heterocycles. The summed E-state index contributed by atoms with van der Waals surface area (Å²) in [5.41, 5.74) is 0.713. The van der Waals surface area contributed by atoms with Gasteiger partial charge in [-0.15, -0.1) is 0 Å². The molecular formula is C13H13N3O4. The van der Waals surface area contributed by atoms with Crippen molar-refractivity contribution >= 4 is 28.3 Å². The highest BCUT2D eigenvalue weighted by Crippen LogP contribution is 2.26. The highest BCUT2D eigenvalue weighted by Gasteiger charge is 2.23. The molecule has 0 bridgehead atoms. The van der Waals surface area contributed by atoms with E-state index in [0.29, 0.717) is 10.9 Å². The van der Waals surface area contributed by atoms with Crippen molar-refractivity contribution in [1.82, 2.24) is 9.47 Å². The Balaban J connectivity index is 2.64. The van der Waals surface area contributed by atoms with Gasteiger partial charge in [-0.2, -0.15) is 0 Å². The number of benzene rings is 1. The quantitative estimate of drug-likeness (QED) is 0.366. The molecule has 0 N–H and O–H groups in total. The number of hydrogen-bond acceptors (Lipinski definition) is 4. The van der Waals surface area contributed by atoms with Crippen molar-refractivity contribution in [1.29, 1.82) is 0 Å². The Kier molecular flexibility index (Phi) is 3.27. The van der Waals surface area contributed by atoms with Crippen LogP contribution in [-0.2, 0) is 11.8 Å². The Labute approximate surface area is 114 Å². The number of likely N-dealkylation sites (N-methyl/N-ethyl adjacent to an activating group) is 1. The van der Waals surface area contributed by atoms with Crippen LogP contribution in [0.5, 0.6) is 0 Å². The van der Waals surface area contributed by atoms with Gasteiger partial charge in [-0.3, -0.25) is 19.7 Å². The summed E-state index contributed by atoms with van der Waals surface area (Å²) in [6.45, 7) is 0. The predicted molar refractivity (Wildman–Crippen MR) is 72.6 cm³/mol. The summed E-state index contributed by atoms with van der Waals surface area (Å²) in [4.78, 5) is 35.3. The highest BCUT2D eigenvalue weighted by atomic mass is 16.6. The summed E-state index contributed by atoms with van der Waals surface area (Å²) in [6, 6.07) is 4.24. The molecule has 0 fully saturated rings. The van der Waals surface area contributed by atoms with Gasteiger partial charge in [0.05, 0.1) is 10.5 Å². The van der Waals surface area contributed by atoms with E-state index in [4.69, 9.17) is 0 Å². The van der Waals surface area contributed by atoms with Gasteiger partial charge in [-0.05, 0) is 6.07 Å². The second-order valence-corrected chi connectivity index (χ2v) is 4.64. The normalized spacial score (nSPS) is 10.6. The van der Waals surface area contributed by atoms with Gasteiger partial charge in [0.1, 0.15) is 0 Å². The van der Waals surface area contributed by atoms with Gasteiger partial charge in [0.2, 0.25) is 0 Å². The largest absolute Gasteiger partial charge is 0.350 e. The number of carbonyl (C=O) groups is 2. The topological polar surface area (TPSA) is 85.5 Å². The fourth-order valence-corrected chi connectivity index (χ4v) is 1.99. The number of aryl methyl sites for hydroxylation is 1. The lowest BCUT2D eigenvalue weighted by molar-refractivity contribution is -0.384. The van der Waals surface area contributed by atoms with Crippen molar-refractivity contribution in [3.05, 3.63) is 40.1 Å². The molecule has 0 aliphatic rings. The first-order valence-electron chi connectivity index (χ1n) is 5.82. The van der Waals surface area contributed by atoms with E-state index in [1.807, 2.05) is 0 Å². The first-order valence-corrected chi connectivity index (χ1v) is 5.82. The molecule has 0 spiro atoms. The fourth-order valence-electron chi connectivity index (χ4n) is 1.99. The van der Waals surface area contributed by atoms with Gasteiger partial charge in [-0.1, -0.05) is 0 Å². The summed E-state index contributed by atoms with van der Waals surface area (Å²) < 4.78 is 1.66. The number of amides is 1. The summed E-state index contributed by atoms with van der Waals surface area (Å²) in [5.74, 6) is -1.34. The molecule has 0 atom stereocenters. The third kappa shape index (κ3) is 2.13. The SMILES string of the molecule is CN(C)C(=O)C(=O)c1cn(C)c2ccc([N+](=O)[O-])cc12. The molecule has 0 unspecified atom stereocenters. The van der Waals surface area contributed by atoms with E-state index < -0.39 is 16.6 Å². The number of carbonyl (C=O) groups excluding carboxylic acids is 2. The molecule has 1 amide bonds. The maximum atomic E-state index is 12.1. The third-order valence-corrected chi connectivity index (χ3v) is 3.03. The minimum atomic E-state index is -0.680. The molecular weight excluding hydrogens is 262 g/mol. The van der Waals surface area contributed by atoms with Crippen LogP contribution in [0.4, 0.5) is 5.69 Å². The molecule has 0 saturated carbocycles. The number of rotatable bonds is 3. The molecule has 7 nitrogen and oxygen atoms in total. The molecule has 2 aromatic rings. The second kappa shape index (κ2) is 4.76. The van der Waals surface area contributed by atoms with Crippen LogP contribution in [0.15, 0.2) is 24.4 Å². The Morgan fingerprint density at radius 1 is 1.30 bits per heavy atom. The zero-order chi connectivity index (χ0) is 15.0. The number of nitro groups is 1. The first kappa shape index (κ1) is 13.7. The van der Waals surface area contributed by atoms with Crippen LogP contribution in [0.1, 0.15) is 10.4 Å². The number of Topliss-reactive ketones (excluding diaryl/α,β-unsaturated/α-hetero) is 1. The first-order chi connectivity index (χ1) is 9.32. The Bertz CT molecular complexity index is 731. The minimum Gasteiger partial charge on any atom is -0.350 e. The predicted octanol–water partition coefficient (Wildman–Crippen LogP) is 1.36. The van der Waals surface area contributed by atoms with E-state index in [1.54, 1.807) is 17.7 Å². The summed E-state index contributed by atoms with van der Waals surface area (Å²) in [7, 11) is 4.67. The molecule has 0 radical (unpaired) electrons. The standard InChI is InChI=1S/C13H13N3O4/c1-14(2)13(18)12(17)10-7-15(3)11-5-4-8(16(19)20)6-9(10)11/h4-7H,1-3H3. The van der Waals surface area contributed by atoms with Crippen molar-refractivity contribution in [2.24, 2.45) is 7.05 Å². The number of nitrogens with zero attached hydrogens (tertiary/aromatic N) is 3. The lowest BCUT2D eigenvalue weighted by atomic mass is 10.1. The van der Waals surface area contributed by atoms with Crippen molar-refractivity contribution in [2.75, 3.05) is 14.1 Å². The number of aromatic nitrogens is 1. The maximum absolute atomic E-state index is 12.1. The smallest absolute Gasteiger partial charge is 0.294 e. The summed E-state index contributed by atoms with van der Waals surface area (Å²) in [5, 5.41) is 11.2. The second-order valence-electron chi connectivity index (χ2n) is 4.64. The van der Waals surface area contributed by atoms with E-state index in [1.165, 1.54) is 37.3 Å². The van der Waals surface area contributed by atoms with E-state index in [-0.39, 0.29) is 11.3 Å². The van der Waals surface area contributed by atoms with Crippen molar-refractivity contribution in [2.45, 2.75) is 0 Å². The van der Waals surface area contributed by atoms with Crippen LogP contribution in [0, 0.1) is 10.1 Å². The number of nitro benzene ring substituents is 1. The molecule has 1 aromatic carbocycles. The number of ketones is 1. The number of fused-ring (bicyclic) bond motifs is 1. The Morgan fingerprint density at radius 2 is 1.95 bits per heavy atom. The molecule has 20 heavy (non-hydrogen) atoms. The van der Waals surface area contributed by atoms with Crippen molar-refractivity contribution in [3.8, 4) is 0 Å². The van der Waals surface area contributed by atoms with Crippen molar-refractivity contribution < 1.29 is 14.5 Å².